The van der Waals surface area contributed by atoms with Gasteiger partial charge in [-0.3, -0.25) is 19.3 Å². The van der Waals surface area contributed by atoms with E-state index >= 15 is 0 Å². The predicted octanol–water partition coefficient (Wildman–Crippen LogP) is 3.46. The summed E-state index contributed by atoms with van der Waals surface area (Å²) in [5, 5.41) is 5.01. The normalized spacial score (nSPS) is 13.9. The number of hydrogen-bond donors (Lipinski definition) is 0. The first-order chi connectivity index (χ1) is 11.8. The molecule has 1 aliphatic heterocycles. The van der Waals surface area contributed by atoms with Gasteiger partial charge in [-0.25, -0.2) is 4.90 Å². The van der Waals surface area contributed by atoms with E-state index in [9.17, 15) is 9.59 Å². The van der Waals surface area contributed by atoms with E-state index in [4.69, 9.17) is 0 Å². The second-order valence-electron chi connectivity index (χ2n) is 6.20. The van der Waals surface area contributed by atoms with Crippen molar-refractivity contribution in [1.82, 2.24) is 14.8 Å². The van der Waals surface area contributed by atoms with Crippen LogP contribution in [0.15, 0.2) is 22.7 Å². The van der Waals surface area contributed by atoms with Crippen molar-refractivity contribution in [2.45, 2.75) is 20.8 Å². The lowest BCUT2D eigenvalue weighted by Crippen LogP contribution is -2.30. The number of benzene rings is 1. The maximum absolute atomic E-state index is 13.2. The summed E-state index contributed by atoms with van der Waals surface area (Å²) in [7, 11) is 1.79. The lowest BCUT2D eigenvalue weighted by Gasteiger charge is -2.14. The molecule has 2 aromatic heterocycles. The molecule has 126 valence electrons. The maximum atomic E-state index is 13.2. The zero-order valence-corrected chi connectivity index (χ0v) is 15.8. The van der Waals surface area contributed by atoms with Gasteiger partial charge in [0.15, 0.2) is 0 Å². The Bertz CT molecular complexity index is 1100. The van der Waals surface area contributed by atoms with Crippen LogP contribution < -0.4 is 4.90 Å². The molecule has 6 nitrogen and oxygen atoms in total. The van der Waals surface area contributed by atoms with E-state index in [1.54, 1.807) is 25.6 Å². The third kappa shape index (κ3) is 2.08. The summed E-state index contributed by atoms with van der Waals surface area (Å²) >= 11 is 3.43. The molecule has 0 aliphatic carbocycles. The highest BCUT2D eigenvalue weighted by Crippen LogP contribution is 2.37. The fourth-order valence-corrected chi connectivity index (χ4v) is 3.81. The highest BCUT2D eigenvalue weighted by Gasteiger charge is 2.42. The summed E-state index contributed by atoms with van der Waals surface area (Å²) in [6.07, 6.45) is 0. The van der Waals surface area contributed by atoms with Crippen LogP contribution in [0.1, 0.15) is 37.8 Å². The number of hydrogen-bond acceptors (Lipinski definition) is 4. The quantitative estimate of drug-likeness (QED) is 0.588. The molecule has 3 aromatic rings. The molecule has 25 heavy (non-hydrogen) atoms. The SMILES string of the molecule is Cc1nc2ccc(Br)cc2c2c1C(=O)N(c1c(C)nn(C)c1C)C2=O. The van der Waals surface area contributed by atoms with Crippen LogP contribution in [0.2, 0.25) is 0 Å². The first kappa shape index (κ1) is 16.0. The molecule has 2 amide bonds. The van der Waals surface area contributed by atoms with Crippen LogP contribution in [-0.2, 0) is 7.05 Å². The number of aromatic nitrogens is 3. The summed E-state index contributed by atoms with van der Waals surface area (Å²) in [6, 6.07) is 5.54. The predicted molar refractivity (Wildman–Crippen MR) is 98.0 cm³/mol. The van der Waals surface area contributed by atoms with Gasteiger partial charge in [-0.05, 0) is 39.0 Å². The van der Waals surface area contributed by atoms with Crippen LogP contribution in [-0.4, -0.2) is 26.6 Å². The fourth-order valence-electron chi connectivity index (χ4n) is 3.45. The Morgan fingerprint density at radius 1 is 1.00 bits per heavy atom. The summed E-state index contributed by atoms with van der Waals surface area (Å²) in [6.45, 7) is 5.41. The Kier molecular flexibility index (Phi) is 3.34. The molecule has 0 fully saturated rings. The molecule has 0 saturated heterocycles. The van der Waals surface area contributed by atoms with Crippen LogP contribution in [0.4, 0.5) is 5.69 Å². The average Bonchev–Trinajstić information content (AvgIpc) is 2.95. The minimum Gasteiger partial charge on any atom is -0.270 e. The van der Waals surface area contributed by atoms with E-state index in [0.29, 0.717) is 39.1 Å². The second-order valence-corrected chi connectivity index (χ2v) is 7.11. The van der Waals surface area contributed by atoms with Gasteiger partial charge in [-0.1, -0.05) is 15.9 Å². The molecule has 1 aliphatic rings. The average molecular weight is 399 g/mol. The molecule has 0 radical (unpaired) electrons. The molecule has 0 saturated carbocycles. The standard InChI is InChI=1S/C18H15BrN4O2/c1-8-14-15(12-7-11(19)5-6-13(12)20-8)18(25)23(17(14)24)16-9(2)21-22(4)10(16)3/h5-7H,1-4H3. The molecule has 0 bridgehead atoms. The van der Waals surface area contributed by atoms with Crippen molar-refractivity contribution in [1.29, 1.82) is 0 Å². The molecular weight excluding hydrogens is 384 g/mol. The Morgan fingerprint density at radius 2 is 1.68 bits per heavy atom. The van der Waals surface area contributed by atoms with Crippen molar-refractivity contribution in [3.8, 4) is 0 Å². The number of nitrogens with zero attached hydrogens (tertiary/aromatic N) is 4. The molecule has 4 rings (SSSR count). The van der Waals surface area contributed by atoms with Crippen molar-refractivity contribution in [2.24, 2.45) is 7.05 Å². The Balaban J connectivity index is 2.03. The highest BCUT2D eigenvalue weighted by atomic mass is 79.9. The molecule has 0 N–H and O–H groups in total. The third-order valence-corrected chi connectivity index (χ3v) is 5.15. The third-order valence-electron chi connectivity index (χ3n) is 4.66. The Hall–Kier alpha value is -2.54. The molecule has 7 heteroatoms. The number of fused-ring (bicyclic) bond motifs is 3. The van der Waals surface area contributed by atoms with Gasteiger partial charge in [-0.2, -0.15) is 5.10 Å². The zero-order chi connectivity index (χ0) is 18.0. The van der Waals surface area contributed by atoms with Crippen molar-refractivity contribution < 1.29 is 9.59 Å². The number of pyridine rings is 1. The number of rotatable bonds is 1. The lowest BCUT2D eigenvalue weighted by molar-refractivity contribution is 0.0926. The van der Waals surface area contributed by atoms with E-state index in [1.165, 1.54) is 4.90 Å². The van der Waals surface area contributed by atoms with Gasteiger partial charge in [0, 0.05) is 16.9 Å². The topological polar surface area (TPSA) is 68.1 Å². The Morgan fingerprint density at radius 3 is 2.32 bits per heavy atom. The van der Waals surface area contributed by atoms with Crippen molar-refractivity contribution in [2.75, 3.05) is 4.90 Å². The van der Waals surface area contributed by atoms with Gasteiger partial charge in [0.25, 0.3) is 11.8 Å². The summed E-state index contributed by atoms with van der Waals surface area (Å²) in [5.41, 5.74) is 4.01. The van der Waals surface area contributed by atoms with E-state index in [-0.39, 0.29) is 11.8 Å². The van der Waals surface area contributed by atoms with Crippen LogP contribution in [0.5, 0.6) is 0 Å². The molecular formula is C18H15BrN4O2. The van der Waals surface area contributed by atoms with E-state index < -0.39 is 0 Å². The first-order valence-corrected chi connectivity index (χ1v) is 8.59. The van der Waals surface area contributed by atoms with Gasteiger partial charge in [0.2, 0.25) is 0 Å². The van der Waals surface area contributed by atoms with Crippen LogP contribution in [0, 0.1) is 20.8 Å². The van der Waals surface area contributed by atoms with Gasteiger partial charge in [-0.15, -0.1) is 0 Å². The fraction of sp³-hybridized carbons (Fsp3) is 0.222. The van der Waals surface area contributed by atoms with Gasteiger partial charge in [0.1, 0.15) is 0 Å². The summed E-state index contributed by atoms with van der Waals surface area (Å²) in [4.78, 5) is 32.1. The van der Waals surface area contributed by atoms with Gasteiger partial charge >= 0.3 is 0 Å². The molecule has 1 aromatic carbocycles. The van der Waals surface area contributed by atoms with Crippen molar-refractivity contribution in [3.63, 3.8) is 0 Å². The van der Waals surface area contributed by atoms with Crippen LogP contribution in [0.25, 0.3) is 10.9 Å². The smallest absolute Gasteiger partial charge is 0.268 e. The van der Waals surface area contributed by atoms with Crippen molar-refractivity contribution in [3.05, 3.63) is 50.9 Å². The largest absolute Gasteiger partial charge is 0.270 e. The van der Waals surface area contributed by atoms with Crippen LogP contribution in [0.3, 0.4) is 0 Å². The first-order valence-electron chi connectivity index (χ1n) is 7.80. The molecule has 0 atom stereocenters. The second kappa shape index (κ2) is 5.23. The number of carbonyl (C=O) groups is 2. The minimum absolute atomic E-state index is 0.326. The Labute approximate surface area is 152 Å². The number of amides is 2. The lowest BCUT2D eigenvalue weighted by atomic mass is 10.0. The number of aryl methyl sites for hydroxylation is 3. The van der Waals surface area contributed by atoms with E-state index in [0.717, 1.165) is 10.2 Å². The molecule has 0 unspecified atom stereocenters. The summed E-state index contributed by atoms with van der Waals surface area (Å²) in [5.74, 6) is -0.668. The highest BCUT2D eigenvalue weighted by molar-refractivity contribution is 9.10. The zero-order valence-electron chi connectivity index (χ0n) is 14.2. The van der Waals surface area contributed by atoms with Gasteiger partial charge in [0.05, 0.1) is 39.4 Å². The van der Waals surface area contributed by atoms with Crippen LogP contribution >= 0.6 is 15.9 Å². The number of imide groups is 1. The number of anilines is 1. The number of halogens is 1. The molecule has 0 spiro atoms. The maximum Gasteiger partial charge on any atom is 0.268 e. The van der Waals surface area contributed by atoms with Gasteiger partial charge < -0.3 is 0 Å². The minimum atomic E-state index is -0.342. The molecule has 3 heterocycles. The van der Waals surface area contributed by atoms with E-state index in [2.05, 4.69) is 26.0 Å². The summed E-state index contributed by atoms with van der Waals surface area (Å²) < 4.78 is 2.51. The van der Waals surface area contributed by atoms with E-state index in [1.807, 2.05) is 25.1 Å². The van der Waals surface area contributed by atoms with Crippen molar-refractivity contribution >= 4 is 44.3 Å². The monoisotopic (exact) mass is 398 g/mol. The number of carbonyl (C=O) groups excluding carboxylic acids is 2.